The van der Waals surface area contributed by atoms with E-state index in [1.54, 1.807) is 17.2 Å². The Morgan fingerprint density at radius 3 is 3.00 bits per heavy atom. The third-order valence-corrected chi connectivity index (χ3v) is 3.32. The van der Waals surface area contributed by atoms with Gasteiger partial charge in [-0.05, 0) is 50.8 Å². The Morgan fingerprint density at radius 2 is 2.33 bits per heavy atom. The van der Waals surface area contributed by atoms with Crippen LogP contribution in [-0.2, 0) is 4.74 Å². The van der Waals surface area contributed by atoms with Crippen molar-refractivity contribution in [2.45, 2.75) is 32.8 Å². The van der Waals surface area contributed by atoms with E-state index in [-0.39, 0.29) is 11.4 Å². The smallest absolute Gasteiger partial charge is 0.410 e. The highest BCUT2D eigenvalue weighted by Gasteiger charge is 2.29. The van der Waals surface area contributed by atoms with Crippen LogP contribution in [0.3, 0.4) is 0 Å². The Morgan fingerprint density at radius 1 is 1.57 bits per heavy atom. The van der Waals surface area contributed by atoms with Gasteiger partial charge in [0.15, 0.2) is 0 Å². The largest absolute Gasteiger partial charge is 0.444 e. The molecule has 1 saturated heterocycles. The Kier molecular flexibility index (Phi) is 4.88. The van der Waals surface area contributed by atoms with E-state index in [1.165, 1.54) is 0 Å². The summed E-state index contributed by atoms with van der Waals surface area (Å²) in [5, 5.41) is 3.44. The van der Waals surface area contributed by atoms with Crippen LogP contribution in [0.5, 0.6) is 0 Å². The van der Waals surface area contributed by atoms with Gasteiger partial charge in [-0.3, -0.25) is 0 Å². The molecule has 2 heterocycles. The minimum Gasteiger partial charge on any atom is -0.444 e. The molecule has 2 rings (SSSR count). The molecule has 0 saturated carbocycles. The van der Waals surface area contributed by atoms with Crippen LogP contribution in [0.25, 0.3) is 0 Å². The van der Waals surface area contributed by atoms with Gasteiger partial charge in [-0.25, -0.2) is 14.8 Å². The maximum atomic E-state index is 12.0. The van der Waals surface area contributed by atoms with Crippen molar-refractivity contribution >= 4 is 23.5 Å². The predicted molar refractivity (Wildman–Crippen MR) is 81.4 cm³/mol. The van der Waals surface area contributed by atoms with Gasteiger partial charge in [0.25, 0.3) is 0 Å². The minimum absolute atomic E-state index is 0.224. The zero-order valence-electron chi connectivity index (χ0n) is 12.6. The lowest BCUT2D eigenvalue weighted by Crippen LogP contribution is -2.35. The van der Waals surface area contributed by atoms with Crippen molar-refractivity contribution in [1.29, 1.82) is 0 Å². The normalized spacial score (nSPS) is 18.7. The number of aromatic nitrogens is 2. The molecule has 7 heteroatoms. The SMILES string of the molecule is CC(C)(C)OC(=O)N1CC[C@H](CNc2ccnc(Cl)n2)C1. The molecule has 1 aliphatic heterocycles. The number of carbonyl (C=O) groups is 1. The molecule has 1 aromatic rings. The van der Waals surface area contributed by atoms with E-state index in [0.29, 0.717) is 18.3 Å². The second-order valence-corrected chi connectivity index (χ2v) is 6.51. The van der Waals surface area contributed by atoms with Gasteiger partial charge in [-0.1, -0.05) is 0 Å². The Bertz CT molecular complexity index is 504. The lowest BCUT2D eigenvalue weighted by Gasteiger charge is -2.24. The van der Waals surface area contributed by atoms with Crippen LogP contribution in [0.15, 0.2) is 12.3 Å². The average Bonchev–Trinajstić information content (AvgIpc) is 2.83. The summed E-state index contributed by atoms with van der Waals surface area (Å²) in [5.41, 5.74) is -0.453. The first kappa shape index (κ1) is 15.8. The Hall–Kier alpha value is -1.56. The van der Waals surface area contributed by atoms with E-state index in [0.717, 1.165) is 19.5 Å². The second kappa shape index (κ2) is 6.47. The number of carbonyl (C=O) groups excluding carboxylic acids is 1. The zero-order chi connectivity index (χ0) is 15.5. The number of hydrogen-bond acceptors (Lipinski definition) is 5. The lowest BCUT2D eigenvalue weighted by molar-refractivity contribution is 0.0289. The summed E-state index contributed by atoms with van der Waals surface area (Å²) in [5.74, 6) is 1.08. The molecule has 1 N–H and O–H groups in total. The van der Waals surface area contributed by atoms with Crippen LogP contribution >= 0.6 is 11.6 Å². The molecule has 1 fully saturated rings. The monoisotopic (exact) mass is 312 g/mol. The molecular weight excluding hydrogens is 292 g/mol. The predicted octanol–water partition coefficient (Wildman–Crippen LogP) is 2.80. The molecular formula is C14H21ClN4O2. The van der Waals surface area contributed by atoms with E-state index in [2.05, 4.69) is 15.3 Å². The van der Waals surface area contributed by atoms with Crippen molar-refractivity contribution in [1.82, 2.24) is 14.9 Å². The standard InChI is InChI=1S/C14H21ClN4O2/c1-14(2,3)21-13(20)19-7-5-10(9-19)8-17-11-4-6-16-12(15)18-11/h4,6,10H,5,7-9H2,1-3H3,(H,16,17,18)/t10-/m1/s1. The number of nitrogens with one attached hydrogen (secondary N) is 1. The Balaban J connectivity index is 1.79. The first-order valence-electron chi connectivity index (χ1n) is 7.04. The number of ether oxygens (including phenoxy) is 1. The van der Waals surface area contributed by atoms with Gasteiger partial charge < -0.3 is 15.0 Å². The van der Waals surface area contributed by atoms with Crippen molar-refractivity contribution in [2.75, 3.05) is 25.0 Å². The highest BCUT2D eigenvalue weighted by molar-refractivity contribution is 6.28. The van der Waals surface area contributed by atoms with Gasteiger partial charge in [0.1, 0.15) is 11.4 Å². The fraction of sp³-hybridized carbons (Fsp3) is 0.643. The topological polar surface area (TPSA) is 67.3 Å². The average molecular weight is 313 g/mol. The molecule has 0 radical (unpaired) electrons. The third-order valence-electron chi connectivity index (χ3n) is 3.14. The maximum absolute atomic E-state index is 12.0. The molecule has 1 aliphatic rings. The van der Waals surface area contributed by atoms with Gasteiger partial charge in [0, 0.05) is 25.8 Å². The number of halogens is 1. The first-order valence-corrected chi connectivity index (χ1v) is 7.41. The van der Waals surface area contributed by atoms with Crippen LogP contribution in [0, 0.1) is 5.92 Å². The van der Waals surface area contributed by atoms with E-state index in [1.807, 2.05) is 20.8 Å². The van der Waals surface area contributed by atoms with Gasteiger partial charge in [-0.15, -0.1) is 0 Å². The Labute approximate surface area is 129 Å². The fourth-order valence-electron chi connectivity index (χ4n) is 2.17. The molecule has 0 aliphatic carbocycles. The summed E-state index contributed by atoms with van der Waals surface area (Å²) in [6.07, 6.45) is 2.32. The fourth-order valence-corrected chi connectivity index (χ4v) is 2.32. The van der Waals surface area contributed by atoms with Crippen LogP contribution in [0.4, 0.5) is 10.6 Å². The summed E-state index contributed by atoms with van der Waals surface area (Å²) in [6.45, 7) is 7.79. The highest BCUT2D eigenvalue weighted by Crippen LogP contribution is 2.20. The molecule has 1 amide bonds. The van der Waals surface area contributed by atoms with Crippen LogP contribution in [-0.4, -0.2) is 46.2 Å². The molecule has 21 heavy (non-hydrogen) atoms. The first-order chi connectivity index (χ1) is 9.83. The van der Waals surface area contributed by atoms with Crippen LogP contribution in [0.2, 0.25) is 5.28 Å². The van der Waals surface area contributed by atoms with Gasteiger partial charge in [-0.2, -0.15) is 0 Å². The lowest BCUT2D eigenvalue weighted by atomic mass is 10.1. The highest BCUT2D eigenvalue weighted by atomic mass is 35.5. The number of rotatable bonds is 3. The van der Waals surface area contributed by atoms with Crippen molar-refractivity contribution in [3.63, 3.8) is 0 Å². The second-order valence-electron chi connectivity index (χ2n) is 6.17. The van der Waals surface area contributed by atoms with E-state index >= 15 is 0 Å². The number of likely N-dealkylation sites (tertiary alicyclic amines) is 1. The van der Waals surface area contributed by atoms with Gasteiger partial charge in [0.2, 0.25) is 5.28 Å². The van der Waals surface area contributed by atoms with Crippen molar-refractivity contribution in [2.24, 2.45) is 5.92 Å². The van der Waals surface area contributed by atoms with Gasteiger partial charge >= 0.3 is 6.09 Å². The third kappa shape index (κ3) is 5.04. The maximum Gasteiger partial charge on any atom is 0.410 e. The number of amides is 1. The number of hydrogen-bond donors (Lipinski definition) is 1. The van der Waals surface area contributed by atoms with E-state index in [4.69, 9.17) is 16.3 Å². The van der Waals surface area contributed by atoms with Gasteiger partial charge in [0.05, 0.1) is 0 Å². The molecule has 0 unspecified atom stereocenters. The summed E-state index contributed by atoms with van der Waals surface area (Å²) in [7, 11) is 0. The van der Waals surface area contributed by atoms with Crippen molar-refractivity contribution in [3.05, 3.63) is 17.5 Å². The molecule has 1 aromatic heterocycles. The van der Waals surface area contributed by atoms with Crippen molar-refractivity contribution in [3.8, 4) is 0 Å². The summed E-state index contributed by atoms with van der Waals surface area (Å²) in [6, 6.07) is 1.77. The number of nitrogens with zero attached hydrogens (tertiary/aromatic N) is 3. The molecule has 0 bridgehead atoms. The zero-order valence-corrected chi connectivity index (χ0v) is 13.4. The number of anilines is 1. The minimum atomic E-state index is -0.453. The summed E-state index contributed by atoms with van der Waals surface area (Å²) < 4.78 is 5.38. The molecule has 0 aromatic carbocycles. The summed E-state index contributed by atoms with van der Waals surface area (Å²) in [4.78, 5) is 21.6. The van der Waals surface area contributed by atoms with Crippen LogP contribution in [0.1, 0.15) is 27.2 Å². The summed E-state index contributed by atoms with van der Waals surface area (Å²) >= 11 is 5.73. The van der Waals surface area contributed by atoms with E-state index in [9.17, 15) is 4.79 Å². The molecule has 116 valence electrons. The van der Waals surface area contributed by atoms with E-state index < -0.39 is 5.60 Å². The molecule has 6 nitrogen and oxygen atoms in total. The quantitative estimate of drug-likeness (QED) is 0.869. The molecule has 0 spiro atoms. The molecule has 1 atom stereocenters. The van der Waals surface area contributed by atoms with Crippen molar-refractivity contribution < 1.29 is 9.53 Å². The van der Waals surface area contributed by atoms with Crippen LogP contribution < -0.4 is 5.32 Å².